The summed E-state index contributed by atoms with van der Waals surface area (Å²) in [5.74, 6) is 0.0531. The van der Waals surface area contributed by atoms with Crippen molar-refractivity contribution in [2.75, 3.05) is 11.9 Å². The van der Waals surface area contributed by atoms with E-state index in [9.17, 15) is 4.79 Å². The van der Waals surface area contributed by atoms with E-state index in [4.69, 9.17) is 11.6 Å². The van der Waals surface area contributed by atoms with Gasteiger partial charge in [-0.3, -0.25) is 9.78 Å². The molecule has 0 aliphatic heterocycles. The summed E-state index contributed by atoms with van der Waals surface area (Å²) < 4.78 is 0. The van der Waals surface area contributed by atoms with Crippen molar-refractivity contribution >= 4 is 34.1 Å². The Morgan fingerprint density at radius 1 is 1.03 bits per heavy atom. The number of carbonyl (C=O) groups excluding carboxylic acids is 1. The highest BCUT2D eigenvalue weighted by atomic mass is 35.5. The summed E-state index contributed by atoms with van der Waals surface area (Å²) in [7, 11) is 1.77. The molecular formula is C24H22ClN3O. The number of amides is 1. The Morgan fingerprint density at radius 2 is 1.79 bits per heavy atom. The van der Waals surface area contributed by atoms with Crippen molar-refractivity contribution in [1.29, 1.82) is 0 Å². The van der Waals surface area contributed by atoms with Crippen LogP contribution in [0.25, 0.3) is 22.3 Å². The summed E-state index contributed by atoms with van der Waals surface area (Å²) in [6.45, 7) is 0. The van der Waals surface area contributed by atoms with Crippen molar-refractivity contribution in [3.8, 4) is 11.4 Å². The normalized spacial score (nSPS) is 11.0. The largest absolute Gasteiger partial charge is 0.353 e. The van der Waals surface area contributed by atoms with Crippen LogP contribution in [0.5, 0.6) is 0 Å². The fourth-order valence-corrected chi connectivity index (χ4v) is 3.89. The van der Waals surface area contributed by atoms with Gasteiger partial charge >= 0.3 is 0 Å². The number of hydrogen-bond acceptors (Lipinski definition) is 2. The summed E-state index contributed by atoms with van der Waals surface area (Å²) >= 11 is 6.23. The summed E-state index contributed by atoms with van der Waals surface area (Å²) in [5, 5.41) is 1.76. The number of halogens is 1. The molecule has 2 heterocycles. The van der Waals surface area contributed by atoms with E-state index in [1.165, 1.54) is 10.9 Å². The molecule has 0 radical (unpaired) electrons. The van der Waals surface area contributed by atoms with Crippen LogP contribution in [0.4, 0.5) is 5.69 Å². The van der Waals surface area contributed by atoms with Gasteiger partial charge in [0.15, 0.2) is 0 Å². The van der Waals surface area contributed by atoms with Crippen LogP contribution in [-0.4, -0.2) is 22.9 Å². The molecule has 0 bridgehead atoms. The molecule has 2 aromatic heterocycles. The zero-order valence-electron chi connectivity index (χ0n) is 16.2. The Hall–Kier alpha value is -3.11. The first kappa shape index (κ1) is 19.2. The Kier molecular flexibility index (Phi) is 5.63. The highest BCUT2D eigenvalue weighted by molar-refractivity contribution is 6.33. The zero-order valence-corrected chi connectivity index (χ0v) is 17.0. The van der Waals surface area contributed by atoms with Gasteiger partial charge in [-0.1, -0.05) is 48.0 Å². The fraction of sp³-hybridized carbons (Fsp3) is 0.167. The van der Waals surface area contributed by atoms with E-state index in [2.05, 4.69) is 22.1 Å². The molecule has 0 aliphatic carbocycles. The highest BCUT2D eigenvalue weighted by Gasteiger charge is 2.16. The van der Waals surface area contributed by atoms with Crippen LogP contribution in [0.3, 0.4) is 0 Å². The molecule has 4 aromatic rings. The average molecular weight is 404 g/mol. The van der Waals surface area contributed by atoms with Gasteiger partial charge in [0.1, 0.15) is 0 Å². The lowest BCUT2D eigenvalue weighted by Crippen LogP contribution is -2.26. The maximum absolute atomic E-state index is 12.7. The Labute approximate surface area is 175 Å². The number of aromatic nitrogens is 2. The maximum Gasteiger partial charge on any atom is 0.226 e. The maximum atomic E-state index is 12.7. The van der Waals surface area contributed by atoms with Crippen LogP contribution >= 0.6 is 11.6 Å². The SMILES string of the molecule is CN(C(=O)CCCc1c(-c2ccccn2)[nH]c2ccccc12)c1ccccc1Cl. The number of nitrogens with one attached hydrogen (secondary N) is 1. The van der Waals surface area contributed by atoms with Crippen LogP contribution in [0.2, 0.25) is 5.02 Å². The van der Waals surface area contributed by atoms with Crippen LogP contribution in [-0.2, 0) is 11.2 Å². The number of benzene rings is 2. The first-order valence-corrected chi connectivity index (χ1v) is 10.0. The number of rotatable bonds is 6. The number of pyridine rings is 1. The van der Waals surface area contributed by atoms with E-state index in [1.54, 1.807) is 24.2 Å². The van der Waals surface area contributed by atoms with Gasteiger partial charge in [-0.05, 0) is 48.7 Å². The minimum Gasteiger partial charge on any atom is -0.353 e. The lowest BCUT2D eigenvalue weighted by atomic mass is 10.0. The lowest BCUT2D eigenvalue weighted by molar-refractivity contribution is -0.118. The molecule has 5 heteroatoms. The number of aromatic amines is 1. The van der Waals surface area contributed by atoms with Crippen molar-refractivity contribution in [1.82, 2.24) is 9.97 Å². The van der Waals surface area contributed by atoms with E-state index in [0.717, 1.165) is 35.4 Å². The number of nitrogens with zero attached hydrogens (tertiary/aromatic N) is 2. The second-order valence-corrected chi connectivity index (χ2v) is 7.40. The van der Waals surface area contributed by atoms with Crippen molar-refractivity contribution in [2.45, 2.75) is 19.3 Å². The number of carbonyl (C=O) groups is 1. The second kappa shape index (κ2) is 8.50. The Bertz CT molecular complexity index is 1140. The van der Waals surface area contributed by atoms with Gasteiger partial charge in [0.05, 0.1) is 22.1 Å². The van der Waals surface area contributed by atoms with Crippen molar-refractivity contribution < 1.29 is 4.79 Å². The molecule has 0 aliphatic rings. The van der Waals surface area contributed by atoms with E-state index in [0.29, 0.717) is 11.4 Å². The predicted molar refractivity (Wildman–Crippen MR) is 119 cm³/mol. The number of para-hydroxylation sites is 2. The first-order chi connectivity index (χ1) is 14.1. The molecule has 29 heavy (non-hydrogen) atoms. The van der Waals surface area contributed by atoms with Gasteiger partial charge in [0, 0.05) is 30.6 Å². The fourth-order valence-electron chi connectivity index (χ4n) is 3.63. The van der Waals surface area contributed by atoms with E-state index in [-0.39, 0.29) is 5.91 Å². The predicted octanol–water partition coefficient (Wildman–Crippen LogP) is 5.87. The number of aryl methyl sites for hydroxylation is 1. The molecule has 0 saturated carbocycles. The summed E-state index contributed by atoms with van der Waals surface area (Å²) in [4.78, 5) is 22.3. The van der Waals surface area contributed by atoms with Crippen LogP contribution < -0.4 is 4.90 Å². The molecule has 0 unspecified atom stereocenters. The van der Waals surface area contributed by atoms with Gasteiger partial charge in [-0.25, -0.2) is 0 Å². The molecule has 1 N–H and O–H groups in total. The minimum absolute atomic E-state index is 0.0531. The molecule has 0 saturated heterocycles. The van der Waals surface area contributed by atoms with Crippen molar-refractivity contribution in [2.24, 2.45) is 0 Å². The quantitative estimate of drug-likeness (QED) is 0.437. The lowest BCUT2D eigenvalue weighted by Gasteiger charge is -2.18. The topological polar surface area (TPSA) is 49.0 Å². The van der Waals surface area contributed by atoms with Crippen molar-refractivity contribution in [3.05, 3.63) is 83.5 Å². The number of hydrogen-bond donors (Lipinski definition) is 1. The third-order valence-electron chi connectivity index (χ3n) is 5.14. The molecule has 0 spiro atoms. The highest BCUT2D eigenvalue weighted by Crippen LogP contribution is 2.31. The van der Waals surface area contributed by atoms with E-state index >= 15 is 0 Å². The van der Waals surface area contributed by atoms with Gasteiger partial charge in [-0.15, -0.1) is 0 Å². The molecule has 0 fully saturated rings. The zero-order chi connectivity index (χ0) is 20.2. The number of fused-ring (bicyclic) bond motifs is 1. The average Bonchev–Trinajstić information content (AvgIpc) is 3.13. The number of H-pyrrole nitrogens is 1. The Balaban J connectivity index is 1.53. The molecule has 4 rings (SSSR count). The van der Waals surface area contributed by atoms with Gasteiger partial charge in [0.25, 0.3) is 0 Å². The van der Waals surface area contributed by atoms with E-state index < -0.39 is 0 Å². The van der Waals surface area contributed by atoms with Crippen LogP contribution in [0.1, 0.15) is 18.4 Å². The molecule has 146 valence electrons. The van der Waals surface area contributed by atoms with Gasteiger partial charge in [-0.2, -0.15) is 0 Å². The summed E-state index contributed by atoms with van der Waals surface area (Å²) in [5.41, 5.74) is 4.97. The summed E-state index contributed by atoms with van der Waals surface area (Å²) in [6.07, 6.45) is 3.78. The van der Waals surface area contributed by atoms with Crippen molar-refractivity contribution in [3.63, 3.8) is 0 Å². The number of anilines is 1. The van der Waals surface area contributed by atoms with Gasteiger partial charge in [0.2, 0.25) is 5.91 Å². The monoisotopic (exact) mass is 403 g/mol. The smallest absolute Gasteiger partial charge is 0.226 e. The third kappa shape index (κ3) is 4.03. The van der Waals surface area contributed by atoms with Gasteiger partial charge < -0.3 is 9.88 Å². The molecule has 2 aromatic carbocycles. The summed E-state index contributed by atoms with van der Waals surface area (Å²) in [6, 6.07) is 21.6. The molecule has 4 nitrogen and oxygen atoms in total. The molecule has 1 amide bonds. The minimum atomic E-state index is 0.0531. The van der Waals surface area contributed by atoms with E-state index in [1.807, 2.05) is 48.5 Å². The van der Waals surface area contributed by atoms with Crippen LogP contribution in [0.15, 0.2) is 72.9 Å². The van der Waals surface area contributed by atoms with Crippen LogP contribution in [0, 0.1) is 0 Å². The second-order valence-electron chi connectivity index (χ2n) is 7.00. The molecular weight excluding hydrogens is 382 g/mol. The first-order valence-electron chi connectivity index (χ1n) is 9.67. The Morgan fingerprint density at radius 3 is 2.59 bits per heavy atom. The third-order valence-corrected chi connectivity index (χ3v) is 5.46. The standard InChI is InChI=1S/C24H22ClN3O/c1-28(22-14-5-3-11-19(22)25)23(29)15-8-10-18-17-9-2-4-12-20(17)27-24(18)21-13-6-7-16-26-21/h2-7,9,11-14,16,27H,8,10,15H2,1H3. The molecule has 0 atom stereocenters.